The summed E-state index contributed by atoms with van der Waals surface area (Å²) in [5, 5.41) is 3.49. The van der Waals surface area contributed by atoms with Crippen LogP contribution in [0.5, 0.6) is 0 Å². The molecule has 2 unspecified atom stereocenters. The zero-order chi connectivity index (χ0) is 13.5. The van der Waals surface area contributed by atoms with Crippen molar-refractivity contribution in [3.63, 3.8) is 0 Å². The molecule has 0 aliphatic carbocycles. The van der Waals surface area contributed by atoms with Crippen molar-refractivity contribution in [3.05, 3.63) is 0 Å². The van der Waals surface area contributed by atoms with Crippen LogP contribution in [0.3, 0.4) is 0 Å². The van der Waals surface area contributed by atoms with Gasteiger partial charge in [-0.1, -0.05) is 13.8 Å². The highest BCUT2D eigenvalue weighted by Gasteiger charge is 2.25. The molecule has 0 saturated carbocycles. The summed E-state index contributed by atoms with van der Waals surface area (Å²) in [6, 6.07) is 0. The predicted molar refractivity (Wildman–Crippen MR) is 79.6 cm³/mol. The Morgan fingerprint density at radius 2 is 2.05 bits per heavy atom. The first-order chi connectivity index (χ1) is 9.31. The van der Waals surface area contributed by atoms with Gasteiger partial charge in [0.15, 0.2) is 0 Å². The van der Waals surface area contributed by atoms with Crippen LogP contribution in [-0.4, -0.2) is 74.9 Å². The molecule has 2 atom stereocenters. The first-order valence-corrected chi connectivity index (χ1v) is 8.08. The van der Waals surface area contributed by atoms with Gasteiger partial charge in [0.2, 0.25) is 0 Å². The molecule has 2 aliphatic rings. The van der Waals surface area contributed by atoms with Crippen LogP contribution in [-0.2, 0) is 4.74 Å². The van der Waals surface area contributed by atoms with E-state index in [2.05, 4.69) is 29.0 Å². The highest BCUT2D eigenvalue weighted by atomic mass is 16.5. The molecule has 0 aromatic rings. The summed E-state index contributed by atoms with van der Waals surface area (Å²) in [4.78, 5) is 5.13. The lowest BCUT2D eigenvalue weighted by molar-refractivity contribution is -0.0461. The fourth-order valence-electron chi connectivity index (χ4n) is 3.30. The van der Waals surface area contributed by atoms with Crippen molar-refractivity contribution < 1.29 is 4.74 Å². The number of hydrogen-bond acceptors (Lipinski definition) is 4. The summed E-state index contributed by atoms with van der Waals surface area (Å²) in [6.45, 7) is 14.6. The standard InChI is InChI=1S/C15H31N3O/c1-3-16-10-14-6-5-7-18(11-14)13-15-12-17(4-2)8-9-19-15/h14-16H,3-13H2,1-2H3. The molecule has 0 spiro atoms. The van der Waals surface area contributed by atoms with Crippen LogP contribution in [0.2, 0.25) is 0 Å². The maximum absolute atomic E-state index is 5.93. The lowest BCUT2D eigenvalue weighted by Crippen LogP contribution is -2.49. The lowest BCUT2D eigenvalue weighted by atomic mass is 9.97. The molecular weight excluding hydrogens is 238 g/mol. The van der Waals surface area contributed by atoms with Crippen molar-refractivity contribution in [2.45, 2.75) is 32.8 Å². The SMILES string of the molecule is CCNCC1CCCN(CC2CN(CC)CCO2)C1. The van der Waals surface area contributed by atoms with Gasteiger partial charge < -0.3 is 15.0 Å². The quantitative estimate of drug-likeness (QED) is 0.779. The Morgan fingerprint density at radius 3 is 2.84 bits per heavy atom. The predicted octanol–water partition coefficient (Wildman–Crippen LogP) is 1.03. The third-order valence-corrected chi connectivity index (χ3v) is 4.42. The lowest BCUT2D eigenvalue weighted by Gasteiger charge is -2.38. The second kappa shape index (κ2) is 8.20. The molecule has 1 N–H and O–H groups in total. The van der Waals surface area contributed by atoms with Gasteiger partial charge in [0.25, 0.3) is 0 Å². The fourth-order valence-corrected chi connectivity index (χ4v) is 3.30. The van der Waals surface area contributed by atoms with Crippen molar-refractivity contribution >= 4 is 0 Å². The zero-order valence-corrected chi connectivity index (χ0v) is 12.7. The van der Waals surface area contributed by atoms with Crippen LogP contribution >= 0.6 is 0 Å². The summed E-state index contributed by atoms with van der Waals surface area (Å²) in [5.41, 5.74) is 0. The number of likely N-dealkylation sites (N-methyl/N-ethyl adjacent to an activating group) is 1. The molecule has 19 heavy (non-hydrogen) atoms. The number of piperidine rings is 1. The Kier molecular flexibility index (Phi) is 6.57. The van der Waals surface area contributed by atoms with E-state index in [0.717, 1.165) is 45.2 Å². The van der Waals surface area contributed by atoms with Gasteiger partial charge in [-0.05, 0) is 44.9 Å². The average molecular weight is 269 g/mol. The van der Waals surface area contributed by atoms with Crippen molar-refractivity contribution in [3.8, 4) is 0 Å². The minimum Gasteiger partial charge on any atom is -0.374 e. The molecule has 0 bridgehead atoms. The van der Waals surface area contributed by atoms with Crippen LogP contribution in [0.1, 0.15) is 26.7 Å². The van der Waals surface area contributed by atoms with Gasteiger partial charge in [0.1, 0.15) is 0 Å². The molecule has 2 heterocycles. The largest absolute Gasteiger partial charge is 0.374 e. The fraction of sp³-hybridized carbons (Fsp3) is 1.00. The van der Waals surface area contributed by atoms with Gasteiger partial charge in [-0.3, -0.25) is 4.90 Å². The summed E-state index contributed by atoms with van der Waals surface area (Å²) < 4.78 is 5.93. The van der Waals surface area contributed by atoms with Gasteiger partial charge >= 0.3 is 0 Å². The molecule has 112 valence electrons. The highest BCUT2D eigenvalue weighted by Crippen LogP contribution is 2.17. The molecule has 2 saturated heterocycles. The molecule has 4 nitrogen and oxygen atoms in total. The molecule has 2 rings (SSSR count). The van der Waals surface area contributed by atoms with Crippen LogP contribution in [0.25, 0.3) is 0 Å². The second-order valence-electron chi connectivity index (χ2n) is 5.96. The molecular formula is C15H31N3O. The second-order valence-corrected chi connectivity index (χ2v) is 5.96. The smallest absolute Gasteiger partial charge is 0.0829 e. The van der Waals surface area contributed by atoms with Crippen molar-refractivity contribution in [2.24, 2.45) is 5.92 Å². The van der Waals surface area contributed by atoms with E-state index in [1.807, 2.05) is 0 Å². The van der Waals surface area contributed by atoms with E-state index in [0.29, 0.717) is 6.10 Å². The van der Waals surface area contributed by atoms with Crippen molar-refractivity contribution in [1.82, 2.24) is 15.1 Å². The summed E-state index contributed by atoms with van der Waals surface area (Å²) >= 11 is 0. The van der Waals surface area contributed by atoms with Gasteiger partial charge in [-0.15, -0.1) is 0 Å². The molecule has 2 aliphatic heterocycles. The van der Waals surface area contributed by atoms with Gasteiger partial charge in [-0.2, -0.15) is 0 Å². The normalized spacial score (nSPS) is 30.6. The van der Waals surface area contributed by atoms with E-state index in [9.17, 15) is 0 Å². The van der Waals surface area contributed by atoms with E-state index in [1.165, 1.54) is 32.5 Å². The topological polar surface area (TPSA) is 27.7 Å². The number of morpholine rings is 1. The third kappa shape index (κ3) is 5.03. The van der Waals surface area contributed by atoms with E-state index in [-0.39, 0.29) is 0 Å². The first kappa shape index (κ1) is 15.2. The molecule has 0 aromatic heterocycles. The monoisotopic (exact) mass is 269 g/mol. The number of rotatable bonds is 6. The van der Waals surface area contributed by atoms with Gasteiger partial charge in [-0.25, -0.2) is 0 Å². The minimum atomic E-state index is 0.423. The van der Waals surface area contributed by atoms with Crippen LogP contribution in [0, 0.1) is 5.92 Å². The number of hydrogen-bond donors (Lipinski definition) is 1. The highest BCUT2D eigenvalue weighted by molar-refractivity contribution is 4.79. The molecule has 2 fully saturated rings. The minimum absolute atomic E-state index is 0.423. The van der Waals surface area contributed by atoms with E-state index in [1.54, 1.807) is 0 Å². The summed E-state index contributed by atoms with van der Waals surface area (Å²) in [6.07, 6.45) is 3.16. The van der Waals surface area contributed by atoms with E-state index < -0.39 is 0 Å². The molecule has 0 radical (unpaired) electrons. The van der Waals surface area contributed by atoms with E-state index in [4.69, 9.17) is 4.74 Å². The number of ether oxygens (including phenoxy) is 1. The Bertz CT molecular complexity index is 250. The van der Waals surface area contributed by atoms with Crippen LogP contribution in [0.4, 0.5) is 0 Å². The Hall–Kier alpha value is -0.160. The van der Waals surface area contributed by atoms with E-state index >= 15 is 0 Å². The van der Waals surface area contributed by atoms with Gasteiger partial charge in [0, 0.05) is 26.2 Å². The van der Waals surface area contributed by atoms with Crippen LogP contribution < -0.4 is 5.32 Å². The van der Waals surface area contributed by atoms with Gasteiger partial charge in [0.05, 0.1) is 12.7 Å². The Balaban J connectivity index is 1.72. The maximum atomic E-state index is 5.93. The number of nitrogens with zero attached hydrogens (tertiary/aromatic N) is 2. The molecule has 0 aromatic carbocycles. The van der Waals surface area contributed by atoms with Crippen molar-refractivity contribution in [2.75, 3.05) is 59.0 Å². The maximum Gasteiger partial charge on any atom is 0.0829 e. The number of likely N-dealkylation sites (tertiary alicyclic amines) is 1. The average Bonchev–Trinajstić information content (AvgIpc) is 2.46. The Morgan fingerprint density at radius 1 is 1.16 bits per heavy atom. The molecule has 0 amide bonds. The summed E-state index contributed by atoms with van der Waals surface area (Å²) in [7, 11) is 0. The molecule has 4 heteroatoms. The first-order valence-electron chi connectivity index (χ1n) is 8.08. The number of nitrogens with one attached hydrogen (secondary N) is 1. The van der Waals surface area contributed by atoms with Crippen LogP contribution in [0.15, 0.2) is 0 Å². The van der Waals surface area contributed by atoms with Crippen molar-refractivity contribution in [1.29, 1.82) is 0 Å². The third-order valence-electron chi connectivity index (χ3n) is 4.42. The summed E-state index contributed by atoms with van der Waals surface area (Å²) in [5.74, 6) is 0.833. The zero-order valence-electron chi connectivity index (χ0n) is 12.7. The Labute approximate surface area is 118 Å².